The van der Waals surface area contributed by atoms with E-state index in [9.17, 15) is 5.11 Å². The lowest BCUT2D eigenvalue weighted by atomic mass is 10.3. The van der Waals surface area contributed by atoms with Crippen LogP contribution in [0.3, 0.4) is 0 Å². The van der Waals surface area contributed by atoms with Crippen molar-refractivity contribution in [3.63, 3.8) is 0 Å². The van der Waals surface area contributed by atoms with Crippen LogP contribution in [0.15, 0.2) is 16.9 Å². The predicted molar refractivity (Wildman–Crippen MR) is 44.5 cm³/mol. The van der Waals surface area contributed by atoms with Crippen LogP contribution in [0.5, 0.6) is 0 Å². The van der Waals surface area contributed by atoms with E-state index in [0.717, 1.165) is 12.1 Å². The molecule has 0 aromatic carbocycles. The standard InChI is InChI=1S/C8H14N2O2/c1-2-8(11)6-9-5-7-3-4-12-10-7/h3-4,8-9,11H,2,5-6H2,1H3. The second kappa shape index (κ2) is 4.90. The van der Waals surface area contributed by atoms with Gasteiger partial charge in [-0.1, -0.05) is 12.1 Å². The maximum Gasteiger partial charge on any atom is 0.124 e. The molecule has 1 atom stereocenters. The van der Waals surface area contributed by atoms with Crippen molar-refractivity contribution in [2.24, 2.45) is 0 Å². The lowest BCUT2D eigenvalue weighted by Gasteiger charge is -2.07. The molecule has 0 bridgehead atoms. The zero-order chi connectivity index (χ0) is 8.81. The fraction of sp³-hybridized carbons (Fsp3) is 0.625. The first-order valence-electron chi connectivity index (χ1n) is 4.11. The van der Waals surface area contributed by atoms with Crippen LogP contribution in [-0.4, -0.2) is 22.9 Å². The molecule has 0 aliphatic carbocycles. The molecule has 0 spiro atoms. The van der Waals surface area contributed by atoms with Gasteiger partial charge in [0, 0.05) is 19.2 Å². The van der Waals surface area contributed by atoms with Crippen molar-refractivity contribution in [1.82, 2.24) is 10.5 Å². The summed E-state index contributed by atoms with van der Waals surface area (Å²) >= 11 is 0. The van der Waals surface area contributed by atoms with Gasteiger partial charge in [0.05, 0.1) is 11.8 Å². The highest BCUT2D eigenvalue weighted by Gasteiger charge is 2.00. The molecular formula is C8H14N2O2. The van der Waals surface area contributed by atoms with Crippen LogP contribution in [0.1, 0.15) is 19.0 Å². The van der Waals surface area contributed by atoms with Crippen LogP contribution < -0.4 is 5.32 Å². The molecule has 68 valence electrons. The van der Waals surface area contributed by atoms with Crippen LogP contribution in [0.2, 0.25) is 0 Å². The van der Waals surface area contributed by atoms with E-state index >= 15 is 0 Å². The Labute approximate surface area is 71.6 Å². The van der Waals surface area contributed by atoms with E-state index in [1.54, 1.807) is 6.07 Å². The van der Waals surface area contributed by atoms with Crippen molar-refractivity contribution in [1.29, 1.82) is 0 Å². The van der Waals surface area contributed by atoms with Gasteiger partial charge in [0.1, 0.15) is 6.26 Å². The molecule has 1 aromatic heterocycles. The van der Waals surface area contributed by atoms with Crippen molar-refractivity contribution < 1.29 is 9.63 Å². The molecule has 1 aromatic rings. The molecule has 0 saturated carbocycles. The fourth-order valence-corrected chi connectivity index (χ4v) is 0.840. The third-order valence-electron chi connectivity index (χ3n) is 1.65. The summed E-state index contributed by atoms with van der Waals surface area (Å²) in [6.45, 7) is 3.19. The molecule has 0 amide bonds. The quantitative estimate of drug-likeness (QED) is 0.677. The fourth-order valence-electron chi connectivity index (χ4n) is 0.840. The van der Waals surface area contributed by atoms with Crippen LogP contribution in [-0.2, 0) is 6.54 Å². The Morgan fingerprint density at radius 3 is 3.17 bits per heavy atom. The van der Waals surface area contributed by atoms with Crippen molar-refractivity contribution in [2.75, 3.05) is 6.54 Å². The summed E-state index contributed by atoms with van der Waals surface area (Å²) in [5, 5.41) is 16.0. The summed E-state index contributed by atoms with van der Waals surface area (Å²) in [6, 6.07) is 1.80. The van der Waals surface area contributed by atoms with Gasteiger partial charge in [0.15, 0.2) is 0 Å². The molecule has 0 aliphatic rings. The summed E-state index contributed by atoms with van der Waals surface area (Å²) in [6.07, 6.45) is 2.04. The van der Waals surface area contributed by atoms with Crippen molar-refractivity contribution in [2.45, 2.75) is 26.0 Å². The topological polar surface area (TPSA) is 58.3 Å². The number of aliphatic hydroxyl groups is 1. The largest absolute Gasteiger partial charge is 0.392 e. The van der Waals surface area contributed by atoms with Gasteiger partial charge in [-0.3, -0.25) is 0 Å². The van der Waals surface area contributed by atoms with E-state index in [-0.39, 0.29) is 6.10 Å². The van der Waals surface area contributed by atoms with E-state index < -0.39 is 0 Å². The molecule has 0 aliphatic heterocycles. The molecule has 4 nitrogen and oxygen atoms in total. The van der Waals surface area contributed by atoms with E-state index in [4.69, 9.17) is 0 Å². The maximum atomic E-state index is 9.18. The van der Waals surface area contributed by atoms with Crippen LogP contribution in [0, 0.1) is 0 Å². The minimum Gasteiger partial charge on any atom is -0.392 e. The van der Waals surface area contributed by atoms with E-state index in [1.165, 1.54) is 6.26 Å². The SMILES string of the molecule is CCC(O)CNCc1ccon1. The molecule has 12 heavy (non-hydrogen) atoms. The van der Waals surface area contributed by atoms with Crippen LogP contribution in [0.4, 0.5) is 0 Å². The Hall–Kier alpha value is -0.870. The van der Waals surface area contributed by atoms with Gasteiger partial charge < -0.3 is 14.9 Å². The number of aliphatic hydroxyl groups excluding tert-OH is 1. The Bertz CT molecular complexity index is 199. The molecule has 4 heteroatoms. The summed E-state index contributed by atoms with van der Waals surface area (Å²) in [5.41, 5.74) is 0.860. The summed E-state index contributed by atoms with van der Waals surface area (Å²) in [5.74, 6) is 0. The molecule has 0 saturated heterocycles. The molecule has 1 heterocycles. The number of hydrogen-bond donors (Lipinski definition) is 2. The Morgan fingerprint density at radius 1 is 1.75 bits per heavy atom. The second-order valence-electron chi connectivity index (χ2n) is 2.68. The molecule has 1 rings (SSSR count). The first-order chi connectivity index (χ1) is 5.83. The zero-order valence-corrected chi connectivity index (χ0v) is 7.16. The average molecular weight is 170 g/mol. The highest BCUT2D eigenvalue weighted by atomic mass is 16.5. The second-order valence-corrected chi connectivity index (χ2v) is 2.68. The monoisotopic (exact) mass is 170 g/mol. The van der Waals surface area contributed by atoms with Gasteiger partial charge in [-0.15, -0.1) is 0 Å². The Balaban J connectivity index is 2.11. The van der Waals surface area contributed by atoms with Crippen LogP contribution in [0.25, 0.3) is 0 Å². The molecule has 0 radical (unpaired) electrons. The average Bonchev–Trinajstić information content (AvgIpc) is 2.57. The van der Waals surface area contributed by atoms with Gasteiger partial charge in [0.2, 0.25) is 0 Å². The number of nitrogens with zero attached hydrogens (tertiary/aromatic N) is 1. The lowest BCUT2D eigenvalue weighted by molar-refractivity contribution is 0.167. The van der Waals surface area contributed by atoms with Gasteiger partial charge >= 0.3 is 0 Å². The minimum atomic E-state index is -0.267. The van der Waals surface area contributed by atoms with E-state index in [2.05, 4.69) is 15.0 Å². The number of hydrogen-bond acceptors (Lipinski definition) is 4. The highest BCUT2D eigenvalue weighted by Crippen LogP contribution is 1.93. The number of aromatic nitrogens is 1. The van der Waals surface area contributed by atoms with Crippen molar-refractivity contribution >= 4 is 0 Å². The van der Waals surface area contributed by atoms with Crippen molar-refractivity contribution in [3.8, 4) is 0 Å². The molecule has 2 N–H and O–H groups in total. The van der Waals surface area contributed by atoms with Gasteiger partial charge in [-0.25, -0.2) is 0 Å². The van der Waals surface area contributed by atoms with Gasteiger partial charge in [-0.2, -0.15) is 0 Å². The zero-order valence-electron chi connectivity index (χ0n) is 7.16. The Morgan fingerprint density at radius 2 is 2.58 bits per heavy atom. The van der Waals surface area contributed by atoms with Crippen LogP contribution >= 0.6 is 0 Å². The molecule has 1 unspecified atom stereocenters. The van der Waals surface area contributed by atoms with Crippen molar-refractivity contribution in [3.05, 3.63) is 18.0 Å². The van der Waals surface area contributed by atoms with E-state index in [1.807, 2.05) is 6.92 Å². The van der Waals surface area contributed by atoms with Gasteiger partial charge in [-0.05, 0) is 6.42 Å². The maximum absolute atomic E-state index is 9.18. The predicted octanol–water partition coefficient (Wildman–Crippen LogP) is 0.535. The summed E-state index contributed by atoms with van der Waals surface area (Å²) in [4.78, 5) is 0. The summed E-state index contributed by atoms with van der Waals surface area (Å²) in [7, 11) is 0. The normalized spacial score (nSPS) is 13.2. The summed E-state index contributed by atoms with van der Waals surface area (Å²) < 4.78 is 4.65. The third kappa shape index (κ3) is 3.02. The lowest BCUT2D eigenvalue weighted by Crippen LogP contribution is -2.25. The molecule has 0 fully saturated rings. The first kappa shape index (κ1) is 9.22. The molecular weight excluding hydrogens is 156 g/mol. The van der Waals surface area contributed by atoms with E-state index in [0.29, 0.717) is 13.1 Å². The third-order valence-corrected chi connectivity index (χ3v) is 1.65. The minimum absolute atomic E-state index is 0.267. The van der Waals surface area contributed by atoms with Gasteiger partial charge in [0.25, 0.3) is 0 Å². The Kier molecular flexibility index (Phi) is 3.76. The first-order valence-corrected chi connectivity index (χ1v) is 4.11. The number of nitrogens with one attached hydrogen (secondary N) is 1. The number of rotatable bonds is 5. The highest BCUT2D eigenvalue weighted by molar-refractivity contribution is 4.94. The smallest absolute Gasteiger partial charge is 0.124 e.